The average molecular weight is 408 g/mol. The molecule has 0 unspecified atom stereocenters. The fourth-order valence-corrected chi connectivity index (χ4v) is 3.85. The zero-order valence-electron chi connectivity index (χ0n) is 14.7. The van der Waals surface area contributed by atoms with Crippen molar-refractivity contribution in [1.29, 1.82) is 0 Å². The second-order valence-electron chi connectivity index (χ2n) is 6.08. The first kappa shape index (κ1) is 19.2. The quantitative estimate of drug-likeness (QED) is 0.794. The molecule has 2 N–H and O–H groups in total. The van der Waals surface area contributed by atoms with Gasteiger partial charge in [-0.15, -0.1) is 4.40 Å². The number of benzene rings is 1. The highest BCUT2D eigenvalue weighted by molar-refractivity contribution is 7.88. The lowest BCUT2D eigenvalue weighted by Gasteiger charge is -2.17. The van der Waals surface area contributed by atoms with Crippen LogP contribution in [0.4, 0.5) is 0 Å². The molecule has 1 aliphatic rings. The van der Waals surface area contributed by atoms with Crippen molar-refractivity contribution in [3.05, 3.63) is 58.5 Å². The number of hydrogen-bond acceptors (Lipinski definition) is 4. The molecule has 0 saturated carbocycles. The van der Waals surface area contributed by atoms with Gasteiger partial charge in [0.2, 0.25) is 5.91 Å². The third-order valence-corrected chi connectivity index (χ3v) is 5.35. The van der Waals surface area contributed by atoms with Crippen LogP contribution in [0.2, 0.25) is 5.02 Å². The average Bonchev–Trinajstić information content (AvgIpc) is 3.05. The van der Waals surface area contributed by atoms with Crippen molar-refractivity contribution in [2.75, 3.05) is 0 Å². The highest BCUT2D eigenvalue weighted by Crippen LogP contribution is 2.24. The first-order valence-corrected chi connectivity index (χ1v) is 9.96. The van der Waals surface area contributed by atoms with Gasteiger partial charge >= 0.3 is 10.2 Å². The van der Waals surface area contributed by atoms with Gasteiger partial charge in [-0.3, -0.25) is 9.52 Å². The van der Waals surface area contributed by atoms with E-state index in [0.717, 1.165) is 5.56 Å². The standard InChI is InChI=1S/C18H18ClN3O4S/c1-11-16(12(2)22-27(24,25)21-11)9-18(23)20-10-15-7-8-17(26-15)13-3-5-14(19)6-4-13/h3-8,21H,9-10H2,1-2H3,(H,20,23). The van der Waals surface area contributed by atoms with Crippen molar-refractivity contribution in [3.8, 4) is 11.3 Å². The molecule has 2 aromatic rings. The molecular weight excluding hydrogens is 390 g/mol. The summed E-state index contributed by atoms with van der Waals surface area (Å²) in [6, 6.07) is 10.9. The van der Waals surface area contributed by atoms with Gasteiger partial charge < -0.3 is 9.73 Å². The van der Waals surface area contributed by atoms with Gasteiger partial charge in [0.25, 0.3) is 0 Å². The lowest BCUT2D eigenvalue weighted by Crippen LogP contribution is -2.31. The molecule has 1 aromatic heterocycles. The van der Waals surface area contributed by atoms with E-state index >= 15 is 0 Å². The lowest BCUT2D eigenvalue weighted by atomic mass is 10.1. The Labute approximate surface area is 162 Å². The molecule has 27 heavy (non-hydrogen) atoms. The van der Waals surface area contributed by atoms with Gasteiger partial charge in [-0.25, -0.2) is 0 Å². The molecule has 0 radical (unpaired) electrons. The number of halogens is 1. The zero-order valence-corrected chi connectivity index (χ0v) is 16.3. The van der Waals surface area contributed by atoms with E-state index in [1.807, 2.05) is 18.2 Å². The summed E-state index contributed by atoms with van der Waals surface area (Å²) in [4.78, 5) is 12.2. The molecule has 9 heteroatoms. The monoisotopic (exact) mass is 407 g/mol. The number of carbonyl (C=O) groups excluding carboxylic acids is 1. The van der Waals surface area contributed by atoms with Crippen molar-refractivity contribution in [2.24, 2.45) is 4.40 Å². The maximum atomic E-state index is 12.2. The molecule has 0 saturated heterocycles. The summed E-state index contributed by atoms with van der Waals surface area (Å²) in [6.07, 6.45) is 0.0223. The van der Waals surface area contributed by atoms with Gasteiger partial charge in [0, 0.05) is 21.9 Å². The third-order valence-electron chi connectivity index (χ3n) is 4.02. The van der Waals surface area contributed by atoms with E-state index in [1.165, 1.54) is 0 Å². The van der Waals surface area contributed by atoms with Crippen LogP contribution in [0.1, 0.15) is 26.0 Å². The van der Waals surface area contributed by atoms with Gasteiger partial charge in [-0.05, 0) is 50.2 Å². The molecule has 2 heterocycles. The Balaban J connectivity index is 1.60. The molecule has 0 bridgehead atoms. The molecule has 0 fully saturated rings. The van der Waals surface area contributed by atoms with Crippen LogP contribution >= 0.6 is 11.6 Å². The predicted molar refractivity (Wildman–Crippen MR) is 103 cm³/mol. The summed E-state index contributed by atoms with van der Waals surface area (Å²) in [5, 5.41) is 3.41. The molecule has 1 amide bonds. The number of amides is 1. The van der Waals surface area contributed by atoms with Gasteiger partial charge in [0.05, 0.1) is 18.7 Å². The number of furan rings is 1. The van der Waals surface area contributed by atoms with E-state index in [2.05, 4.69) is 14.4 Å². The van der Waals surface area contributed by atoms with E-state index in [4.69, 9.17) is 16.0 Å². The highest BCUT2D eigenvalue weighted by Gasteiger charge is 2.22. The van der Waals surface area contributed by atoms with E-state index in [9.17, 15) is 13.2 Å². The normalized spacial score (nSPS) is 15.9. The Morgan fingerprint density at radius 2 is 1.89 bits per heavy atom. The number of allylic oxidation sites excluding steroid dienone is 1. The Hall–Kier alpha value is -2.58. The summed E-state index contributed by atoms with van der Waals surface area (Å²) in [7, 11) is -3.71. The van der Waals surface area contributed by atoms with Crippen LogP contribution in [0.5, 0.6) is 0 Å². The Morgan fingerprint density at radius 3 is 2.56 bits per heavy atom. The summed E-state index contributed by atoms with van der Waals surface area (Å²) in [6.45, 7) is 3.39. The van der Waals surface area contributed by atoms with E-state index in [0.29, 0.717) is 33.5 Å². The maximum absolute atomic E-state index is 12.2. The van der Waals surface area contributed by atoms with Crippen LogP contribution in [0, 0.1) is 0 Å². The second kappa shape index (κ2) is 7.58. The van der Waals surface area contributed by atoms with Crippen molar-refractivity contribution in [2.45, 2.75) is 26.8 Å². The smallest absolute Gasteiger partial charge is 0.342 e. The SMILES string of the molecule is CC1=NS(=O)(=O)NC(C)=C1CC(=O)NCc1ccc(-c2ccc(Cl)cc2)o1. The van der Waals surface area contributed by atoms with Crippen molar-refractivity contribution >= 4 is 33.4 Å². The Bertz CT molecular complexity index is 1040. The number of carbonyl (C=O) groups is 1. The van der Waals surface area contributed by atoms with Crippen LogP contribution < -0.4 is 10.0 Å². The van der Waals surface area contributed by atoms with Crippen molar-refractivity contribution < 1.29 is 17.6 Å². The number of rotatable bonds is 5. The van der Waals surface area contributed by atoms with E-state index in [1.54, 1.807) is 32.0 Å². The van der Waals surface area contributed by atoms with Crippen molar-refractivity contribution in [1.82, 2.24) is 10.0 Å². The fourth-order valence-electron chi connectivity index (χ4n) is 2.70. The van der Waals surface area contributed by atoms with Crippen LogP contribution in [0.15, 0.2) is 56.5 Å². The third kappa shape index (κ3) is 4.78. The minimum Gasteiger partial charge on any atom is -0.459 e. The second-order valence-corrected chi connectivity index (χ2v) is 7.86. The Kier molecular flexibility index (Phi) is 5.38. The zero-order chi connectivity index (χ0) is 19.6. The molecule has 142 valence electrons. The van der Waals surface area contributed by atoms with Gasteiger partial charge in [-0.2, -0.15) is 8.42 Å². The number of hydrogen-bond donors (Lipinski definition) is 2. The fraction of sp³-hybridized carbons (Fsp3) is 0.222. The first-order valence-electron chi connectivity index (χ1n) is 8.14. The largest absolute Gasteiger partial charge is 0.459 e. The molecule has 3 rings (SSSR count). The molecule has 0 aliphatic carbocycles. The Morgan fingerprint density at radius 1 is 1.19 bits per heavy atom. The first-order chi connectivity index (χ1) is 12.7. The molecular formula is C18H18ClN3O4S. The minimum absolute atomic E-state index is 0.0223. The van der Waals surface area contributed by atoms with Gasteiger partial charge in [0.15, 0.2) is 0 Å². The number of nitrogens with one attached hydrogen (secondary N) is 2. The minimum atomic E-state index is -3.71. The molecule has 1 aromatic carbocycles. The summed E-state index contributed by atoms with van der Waals surface area (Å²) in [5.74, 6) is 1.03. The molecule has 7 nitrogen and oxygen atoms in total. The highest BCUT2D eigenvalue weighted by atomic mass is 35.5. The van der Waals surface area contributed by atoms with E-state index < -0.39 is 10.2 Å². The van der Waals surface area contributed by atoms with Crippen LogP contribution in [0.3, 0.4) is 0 Å². The number of nitrogens with zero attached hydrogens (tertiary/aromatic N) is 1. The van der Waals surface area contributed by atoms with Crippen LogP contribution in [0.25, 0.3) is 11.3 Å². The summed E-state index contributed by atoms with van der Waals surface area (Å²) in [5.41, 5.74) is 2.16. The maximum Gasteiger partial charge on any atom is 0.342 e. The summed E-state index contributed by atoms with van der Waals surface area (Å²) < 4.78 is 34.6. The predicted octanol–water partition coefficient (Wildman–Crippen LogP) is 3.19. The molecule has 1 aliphatic heterocycles. The lowest BCUT2D eigenvalue weighted by molar-refractivity contribution is -0.120. The van der Waals surface area contributed by atoms with Crippen LogP contribution in [-0.2, 0) is 21.5 Å². The van der Waals surface area contributed by atoms with Crippen molar-refractivity contribution in [3.63, 3.8) is 0 Å². The van der Waals surface area contributed by atoms with E-state index in [-0.39, 0.29) is 18.9 Å². The van der Waals surface area contributed by atoms with Gasteiger partial charge in [0.1, 0.15) is 11.5 Å². The van der Waals surface area contributed by atoms with Gasteiger partial charge in [-0.1, -0.05) is 11.6 Å². The summed E-state index contributed by atoms with van der Waals surface area (Å²) >= 11 is 5.88. The molecule has 0 atom stereocenters. The topological polar surface area (TPSA) is 101 Å². The molecule has 0 spiro atoms. The van der Waals surface area contributed by atoms with Crippen LogP contribution in [-0.4, -0.2) is 20.0 Å².